The van der Waals surface area contributed by atoms with E-state index >= 15 is 0 Å². The summed E-state index contributed by atoms with van der Waals surface area (Å²) in [7, 11) is 1.65. The summed E-state index contributed by atoms with van der Waals surface area (Å²) < 4.78 is 2.06. The maximum atomic E-state index is 12.1. The number of carbonyl (C=O) groups is 1. The Kier molecular flexibility index (Phi) is 4.86. The number of aromatic nitrogens is 4. The number of amides is 1. The molecule has 0 bridgehead atoms. The van der Waals surface area contributed by atoms with E-state index < -0.39 is 0 Å². The zero-order valence-corrected chi connectivity index (χ0v) is 15.3. The fourth-order valence-electron chi connectivity index (χ4n) is 4.18. The van der Waals surface area contributed by atoms with Crippen molar-refractivity contribution in [2.75, 3.05) is 25.0 Å². The lowest BCUT2D eigenvalue weighted by Gasteiger charge is -2.33. The van der Waals surface area contributed by atoms with Gasteiger partial charge in [-0.05, 0) is 37.8 Å². The van der Waals surface area contributed by atoms with Crippen LogP contribution in [0.2, 0.25) is 0 Å². The van der Waals surface area contributed by atoms with Gasteiger partial charge in [0, 0.05) is 38.4 Å². The van der Waals surface area contributed by atoms with E-state index in [1.165, 1.54) is 25.7 Å². The summed E-state index contributed by atoms with van der Waals surface area (Å²) in [6, 6.07) is 4.01. The first kappa shape index (κ1) is 17.0. The molecule has 2 fully saturated rings. The Morgan fingerprint density at radius 3 is 2.69 bits per heavy atom. The van der Waals surface area contributed by atoms with Gasteiger partial charge in [0.25, 0.3) is 5.91 Å². The Hall–Kier alpha value is -2.44. The molecule has 1 saturated heterocycles. The normalized spacial score (nSPS) is 19.0. The van der Waals surface area contributed by atoms with Crippen LogP contribution in [0.1, 0.15) is 66.5 Å². The van der Waals surface area contributed by atoms with Gasteiger partial charge in [-0.3, -0.25) is 4.79 Å². The van der Waals surface area contributed by atoms with Crippen molar-refractivity contribution in [3.05, 3.63) is 35.8 Å². The number of nitrogens with one attached hydrogen (secondary N) is 1. The highest BCUT2D eigenvalue weighted by Gasteiger charge is 2.26. The van der Waals surface area contributed by atoms with Gasteiger partial charge in [-0.15, -0.1) is 5.10 Å². The number of rotatable bonds is 4. The van der Waals surface area contributed by atoms with E-state index in [1.807, 2.05) is 6.07 Å². The van der Waals surface area contributed by atoms with Crippen LogP contribution in [0.15, 0.2) is 24.5 Å². The molecule has 2 aliphatic rings. The fraction of sp³-hybridized carbons (Fsp3) is 0.579. The summed E-state index contributed by atoms with van der Waals surface area (Å²) in [6.07, 6.45) is 11.0. The molecule has 0 spiro atoms. The SMILES string of the molecule is CNC(=O)c1cccnc1N1CCC(n2cc(C3CCCC3)nn2)CC1. The van der Waals surface area contributed by atoms with E-state index in [0.29, 0.717) is 17.5 Å². The van der Waals surface area contributed by atoms with Crippen LogP contribution in [0.5, 0.6) is 0 Å². The molecule has 2 aromatic rings. The van der Waals surface area contributed by atoms with Crippen molar-refractivity contribution < 1.29 is 4.79 Å². The van der Waals surface area contributed by atoms with E-state index in [4.69, 9.17) is 0 Å². The molecular formula is C19H26N6O. The summed E-state index contributed by atoms with van der Waals surface area (Å²) in [5.41, 5.74) is 1.80. The Bertz CT molecular complexity index is 759. The number of hydrogen-bond donors (Lipinski definition) is 1. The lowest BCUT2D eigenvalue weighted by atomic mass is 10.0. The third-order valence-corrected chi connectivity index (χ3v) is 5.70. The van der Waals surface area contributed by atoms with Gasteiger partial charge in [0.15, 0.2) is 0 Å². The minimum atomic E-state index is -0.0901. The summed E-state index contributed by atoms with van der Waals surface area (Å²) in [6.45, 7) is 1.73. The van der Waals surface area contributed by atoms with Crippen LogP contribution in [0.25, 0.3) is 0 Å². The highest BCUT2D eigenvalue weighted by Crippen LogP contribution is 2.34. The molecular weight excluding hydrogens is 328 g/mol. The molecule has 26 heavy (non-hydrogen) atoms. The monoisotopic (exact) mass is 354 g/mol. The average Bonchev–Trinajstić information content (AvgIpc) is 3.39. The van der Waals surface area contributed by atoms with Crippen LogP contribution in [-0.2, 0) is 0 Å². The predicted octanol–water partition coefficient (Wildman–Crippen LogP) is 2.53. The first-order valence-electron chi connectivity index (χ1n) is 9.60. The number of nitrogens with zero attached hydrogens (tertiary/aromatic N) is 5. The molecule has 1 N–H and O–H groups in total. The van der Waals surface area contributed by atoms with Gasteiger partial charge in [0.2, 0.25) is 0 Å². The second-order valence-corrected chi connectivity index (χ2v) is 7.28. The molecule has 3 heterocycles. The van der Waals surface area contributed by atoms with Gasteiger partial charge in [0.05, 0.1) is 17.3 Å². The summed E-state index contributed by atoms with van der Waals surface area (Å²) in [5.74, 6) is 1.29. The quantitative estimate of drug-likeness (QED) is 0.913. The highest BCUT2D eigenvalue weighted by atomic mass is 16.1. The molecule has 0 aromatic carbocycles. The van der Waals surface area contributed by atoms with Crippen LogP contribution >= 0.6 is 0 Å². The molecule has 1 aliphatic carbocycles. The molecule has 2 aromatic heterocycles. The van der Waals surface area contributed by atoms with Crippen LogP contribution in [-0.4, -0.2) is 46.0 Å². The van der Waals surface area contributed by atoms with E-state index in [0.717, 1.165) is 37.4 Å². The van der Waals surface area contributed by atoms with Crippen molar-refractivity contribution in [1.82, 2.24) is 25.3 Å². The highest BCUT2D eigenvalue weighted by molar-refractivity contribution is 5.98. The summed E-state index contributed by atoms with van der Waals surface area (Å²) >= 11 is 0. The molecule has 1 amide bonds. The van der Waals surface area contributed by atoms with E-state index in [-0.39, 0.29) is 5.91 Å². The first-order valence-corrected chi connectivity index (χ1v) is 9.60. The summed E-state index contributed by atoms with van der Waals surface area (Å²) in [5, 5.41) is 11.5. The van der Waals surface area contributed by atoms with Gasteiger partial charge in [-0.25, -0.2) is 9.67 Å². The van der Waals surface area contributed by atoms with Crippen LogP contribution < -0.4 is 10.2 Å². The minimum absolute atomic E-state index is 0.0901. The number of anilines is 1. The van der Waals surface area contributed by atoms with E-state index in [9.17, 15) is 4.79 Å². The maximum Gasteiger partial charge on any atom is 0.254 e. The molecule has 0 unspecified atom stereocenters. The first-order chi connectivity index (χ1) is 12.8. The average molecular weight is 354 g/mol. The van der Waals surface area contributed by atoms with Crippen LogP contribution in [0.4, 0.5) is 5.82 Å². The number of piperidine rings is 1. The number of carbonyl (C=O) groups excluding carboxylic acids is 1. The molecule has 7 nitrogen and oxygen atoms in total. The second-order valence-electron chi connectivity index (χ2n) is 7.28. The molecule has 138 valence electrons. The van der Waals surface area contributed by atoms with Crippen molar-refractivity contribution >= 4 is 11.7 Å². The lowest BCUT2D eigenvalue weighted by molar-refractivity contribution is 0.0963. The minimum Gasteiger partial charge on any atom is -0.356 e. The van der Waals surface area contributed by atoms with Crippen molar-refractivity contribution in [3.63, 3.8) is 0 Å². The Morgan fingerprint density at radius 2 is 1.96 bits per heavy atom. The predicted molar refractivity (Wildman–Crippen MR) is 99.3 cm³/mol. The van der Waals surface area contributed by atoms with Gasteiger partial charge < -0.3 is 10.2 Å². The fourth-order valence-corrected chi connectivity index (χ4v) is 4.18. The molecule has 0 radical (unpaired) electrons. The molecule has 1 aliphatic heterocycles. The van der Waals surface area contributed by atoms with Crippen molar-refractivity contribution in [3.8, 4) is 0 Å². The molecule has 7 heteroatoms. The standard InChI is InChI=1S/C19H26N6O/c1-20-19(26)16-7-4-10-21-18(16)24-11-8-15(9-12-24)25-13-17(22-23-25)14-5-2-3-6-14/h4,7,10,13-15H,2-3,5-6,8-9,11-12H2,1H3,(H,20,26). The topological polar surface area (TPSA) is 75.9 Å². The van der Waals surface area contributed by atoms with Gasteiger partial charge >= 0.3 is 0 Å². The third-order valence-electron chi connectivity index (χ3n) is 5.70. The van der Waals surface area contributed by atoms with Crippen LogP contribution in [0.3, 0.4) is 0 Å². The third kappa shape index (κ3) is 3.30. The number of hydrogen-bond acceptors (Lipinski definition) is 5. The van der Waals surface area contributed by atoms with Gasteiger partial charge in [-0.2, -0.15) is 0 Å². The van der Waals surface area contributed by atoms with Crippen molar-refractivity contribution in [2.24, 2.45) is 0 Å². The molecule has 4 rings (SSSR count). The smallest absolute Gasteiger partial charge is 0.254 e. The zero-order valence-electron chi connectivity index (χ0n) is 15.3. The van der Waals surface area contributed by atoms with Gasteiger partial charge in [-0.1, -0.05) is 18.1 Å². The van der Waals surface area contributed by atoms with Gasteiger partial charge in [0.1, 0.15) is 5.82 Å². The van der Waals surface area contributed by atoms with Crippen molar-refractivity contribution in [1.29, 1.82) is 0 Å². The Morgan fingerprint density at radius 1 is 1.19 bits per heavy atom. The molecule has 1 saturated carbocycles. The van der Waals surface area contributed by atoms with Crippen LogP contribution in [0, 0.1) is 0 Å². The number of pyridine rings is 1. The van der Waals surface area contributed by atoms with Crippen molar-refractivity contribution in [2.45, 2.75) is 50.5 Å². The van der Waals surface area contributed by atoms with E-state index in [1.54, 1.807) is 19.3 Å². The maximum absolute atomic E-state index is 12.1. The second kappa shape index (κ2) is 7.43. The lowest BCUT2D eigenvalue weighted by Crippen LogP contribution is -2.37. The van der Waals surface area contributed by atoms with E-state index in [2.05, 4.69) is 36.4 Å². The zero-order chi connectivity index (χ0) is 17.9. The largest absolute Gasteiger partial charge is 0.356 e. The Labute approximate surface area is 153 Å². The Balaban J connectivity index is 1.42. The summed E-state index contributed by atoms with van der Waals surface area (Å²) in [4.78, 5) is 18.8. The molecule has 0 atom stereocenters.